The van der Waals surface area contributed by atoms with Crippen molar-refractivity contribution in [2.75, 3.05) is 6.54 Å². The minimum Gasteiger partial charge on any atom is -0.361 e. The van der Waals surface area contributed by atoms with E-state index in [0.717, 1.165) is 53.9 Å². The molecule has 0 amide bonds. The Morgan fingerprint density at radius 2 is 1.90 bits per heavy atom. The number of halogens is 1. The van der Waals surface area contributed by atoms with Gasteiger partial charge >= 0.3 is 0 Å². The fourth-order valence-electron chi connectivity index (χ4n) is 2.96. The zero-order chi connectivity index (χ0) is 19.8. The molecule has 8 nitrogen and oxygen atoms in total. The maximum absolute atomic E-state index is 5.43. The summed E-state index contributed by atoms with van der Waals surface area (Å²) in [5, 5.41) is 19.0. The molecular weight excluding hydrogens is 481 g/mol. The van der Waals surface area contributed by atoms with Gasteiger partial charge in [-0.2, -0.15) is 0 Å². The van der Waals surface area contributed by atoms with Crippen molar-refractivity contribution in [2.24, 2.45) is 4.99 Å². The van der Waals surface area contributed by atoms with E-state index in [1.165, 1.54) is 0 Å². The maximum Gasteiger partial charge on any atom is 0.191 e. The smallest absolute Gasteiger partial charge is 0.191 e. The number of para-hydroxylation sites is 1. The van der Waals surface area contributed by atoms with Crippen molar-refractivity contribution in [3.8, 4) is 5.69 Å². The Morgan fingerprint density at radius 1 is 1.10 bits per heavy atom. The SMILES string of the molecule is CCNC(=NCc1c(CC)noc1CC)NCc1nncn1-c1ccccc1.I. The monoisotopic (exact) mass is 509 g/mol. The summed E-state index contributed by atoms with van der Waals surface area (Å²) in [4.78, 5) is 4.71. The molecule has 3 rings (SSSR count). The number of guanidine groups is 1. The summed E-state index contributed by atoms with van der Waals surface area (Å²) in [6, 6.07) is 10.0. The molecule has 0 aliphatic carbocycles. The van der Waals surface area contributed by atoms with E-state index in [1.807, 2.05) is 41.8 Å². The van der Waals surface area contributed by atoms with E-state index in [1.54, 1.807) is 6.33 Å². The van der Waals surface area contributed by atoms with Crippen LogP contribution in [0.5, 0.6) is 0 Å². The second-order valence-corrected chi connectivity index (χ2v) is 6.24. The van der Waals surface area contributed by atoms with E-state index >= 15 is 0 Å². The fraction of sp³-hybridized carbons (Fsp3) is 0.400. The number of hydrogen-bond acceptors (Lipinski definition) is 5. The molecule has 0 aliphatic rings. The molecule has 0 atom stereocenters. The van der Waals surface area contributed by atoms with Crippen LogP contribution in [0.25, 0.3) is 5.69 Å². The predicted molar refractivity (Wildman–Crippen MR) is 124 cm³/mol. The molecule has 0 unspecified atom stereocenters. The van der Waals surface area contributed by atoms with Crippen LogP contribution in [-0.4, -0.2) is 32.4 Å². The minimum atomic E-state index is 0. The summed E-state index contributed by atoms with van der Waals surface area (Å²) in [6.45, 7) is 7.97. The average Bonchev–Trinajstić information content (AvgIpc) is 3.36. The zero-order valence-electron chi connectivity index (χ0n) is 17.1. The first-order chi connectivity index (χ1) is 13.8. The molecule has 0 fully saturated rings. The van der Waals surface area contributed by atoms with Gasteiger partial charge in [-0.1, -0.05) is 37.2 Å². The molecule has 0 saturated heterocycles. The quantitative estimate of drug-likeness (QED) is 0.275. The van der Waals surface area contributed by atoms with Gasteiger partial charge in [-0.15, -0.1) is 34.2 Å². The topological polar surface area (TPSA) is 93.2 Å². The van der Waals surface area contributed by atoms with E-state index in [2.05, 4.69) is 39.8 Å². The van der Waals surface area contributed by atoms with Gasteiger partial charge in [0.05, 0.1) is 18.8 Å². The lowest BCUT2D eigenvalue weighted by Crippen LogP contribution is -2.37. The summed E-state index contributed by atoms with van der Waals surface area (Å²) in [6.07, 6.45) is 3.36. The molecule has 0 radical (unpaired) electrons. The fourth-order valence-corrected chi connectivity index (χ4v) is 2.96. The van der Waals surface area contributed by atoms with Gasteiger partial charge in [-0.25, -0.2) is 4.99 Å². The molecule has 0 bridgehead atoms. The number of benzene rings is 1. The lowest BCUT2D eigenvalue weighted by Gasteiger charge is -2.12. The predicted octanol–water partition coefficient (Wildman–Crippen LogP) is 3.25. The highest BCUT2D eigenvalue weighted by molar-refractivity contribution is 14.0. The van der Waals surface area contributed by atoms with Crippen LogP contribution in [0.1, 0.15) is 43.6 Å². The van der Waals surface area contributed by atoms with Crippen molar-refractivity contribution in [3.63, 3.8) is 0 Å². The number of aliphatic imine (C=N–C) groups is 1. The van der Waals surface area contributed by atoms with Crippen LogP contribution < -0.4 is 10.6 Å². The highest BCUT2D eigenvalue weighted by atomic mass is 127. The molecule has 2 N–H and O–H groups in total. The van der Waals surface area contributed by atoms with Crippen LogP contribution in [0.15, 0.2) is 46.2 Å². The van der Waals surface area contributed by atoms with E-state index in [9.17, 15) is 0 Å². The summed E-state index contributed by atoms with van der Waals surface area (Å²) in [7, 11) is 0. The Balaban J connectivity index is 0.00000300. The van der Waals surface area contributed by atoms with Crippen molar-refractivity contribution in [3.05, 3.63) is 59.5 Å². The lowest BCUT2D eigenvalue weighted by molar-refractivity contribution is 0.380. The van der Waals surface area contributed by atoms with Gasteiger partial charge in [0.1, 0.15) is 12.1 Å². The summed E-state index contributed by atoms with van der Waals surface area (Å²) < 4.78 is 7.39. The number of aryl methyl sites for hydroxylation is 2. The molecule has 2 heterocycles. The third-order valence-electron chi connectivity index (χ3n) is 4.41. The molecule has 0 spiro atoms. The highest BCUT2D eigenvalue weighted by Crippen LogP contribution is 2.16. The number of nitrogens with one attached hydrogen (secondary N) is 2. The van der Waals surface area contributed by atoms with Crippen LogP contribution in [0, 0.1) is 0 Å². The Bertz CT molecular complexity index is 883. The second-order valence-electron chi connectivity index (χ2n) is 6.24. The summed E-state index contributed by atoms with van der Waals surface area (Å²) in [5.41, 5.74) is 3.07. The minimum absolute atomic E-state index is 0. The van der Waals surface area contributed by atoms with Crippen LogP contribution in [0.4, 0.5) is 0 Å². The molecule has 2 aromatic heterocycles. The van der Waals surface area contributed by atoms with Crippen LogP contribution in [0.3, 0.4) is 0 Å². The molecule has 1 aromatic carbocycles. The van der Waals surface area contributed by atoms with Gasteiger partial charge in [0, 0.05) is 24.2 Å². The number of hydrogen-bond donors (Lipinski definition) is 2. The largest absolute Gasteiger partial charge is 0.361 e. The Morgan fingerprint density at radius 3 is 2.59 bits per heavy atom. The molecule has 0 saturated carbocycles. The first-order valence-electron chi connectivity index (χ1n) is 9.69. The van der Waals surface area contributed by atoms with Crippen LogP contribution >= 0.6 is 24.0 Å². The van der Waals surface area contributed by atoms with Gasteiger partial charge < -0.3 is 15.2 Å². The third kappa shape index (κ3) is 5.78. The number of rotatable bonds is 8. The van der Waals surface area contributed by atoms with Gasteiger partial charge in [-0.3, -0.25) is 4.57 Å². The van der Waals surface area contributed by atoms with Crippen molar-refractivity contribution in [1.82, 2.24) is 30.6 Å². The normalized spacial score (nSPS) is 11.2. The molecule has 0 aliphatic heterocycles. The van der Waals surface area contributed by atoms with E-state index in [4.69, 9.17) is 9.52 Å². The molecule has 9 heteroatoms. The van der Waals surface area contributed by atoms with Gasteiger partial charge in [0.2, 0.25) is 0 Å². The summed E-state index contributed by atoms with van der Waals surface area (Å²) in [5.74, 6) is 2.43. The zero-order valence-corrected chi connectivity index (χ0v) is 19.4. The van der Waals surface area contributed by atoms with Crippen molar-refractivity contribution in [2.45, 2.75) is 46.7 Å². The molecular formula is C20H28IN7O. The van der Waals surface area contributed by atoms with E-state index < -0.39 is 0 Å². The first kappa shape index (κ1) is 22.9. The first-order valence-corrected chi connectivity index (χ1v) is 9.69. The van der Waals surface area contributed by atoms with Crippen LogP contribution in [-0.2, 0) is 25.9 Å². The van der Waals surface area contributed by atoms with Crippen molar-refractivity contribution in [1.29, 1.82) is 0 Å². The van der Waals surface area contributed by atoms with Gasteiger partial charge in [0.25, 0.3) is 0 Å². The lowest BCUT2D eigenvalue weighted by atomic mass is 10.1. The highest BCUT2D eigenvalue weighted by Gasteiger charge is 2.13. The van der Waals surface area contributed by atoms with Crippen LogP contribution in [0.2, 0.25) is 0 Å². The van der Waals surface area contributed by atoms with Gasteiger partial charge in [-0.05, 0) is 25.5 Å². The Labute approximate surface area is 188 Å². The Hall–Kier alpha value is -2.43. The maximum atomic E-state index is 5.43. The molecule has 3 aromatic rings. The summed E-state index contributed by atoms with van der Waals surface area (Å²) >= 11 is 0. The van der Waals surface area contributed by atoms with Crippen molar-refractivity contribution < 1.29 is 4.52 Å². The molecule has 29 heavy (non-hydrogen) atoms. The number of aromatic nitrogens is 4. The second kappa shape index (κ2) is 11.5. The molecule has 156 valence electrons. The Kier molecular flexibility index (Phi) is 9.10. The van der Waals surface area contributed by atoms with E-state index in [-0.39, 0.29) is 24.0 Å². The number of nitrogens with zero attached hydrogens (tertiary/aromatic N) is 5. The van der Waals surface area contributed by atoms with Gasteiger partial charge in [0.15, 0.2) is 11.8 Å². The standard InChI is InChI=1S/C20H27N7O.HI/c1-4-17-16(18(5-2)28-26-17)12-22-20(21-6-3)23-13-19-25-24-14-27(19)15-10-8-7-9-11-15;/h7-11,14H,4-6,12-13H2,1-3H3,(H2,21,22,23);1H. The van der Waals surface area contributed by atoms with Crippen molar-refractivity contribution >= 4 is 29.9 Å². The van der Waals surface area contributed by atoms with E-state index in [0.29, 0.717) is 13.1 Å². The third-order valence-corrected chi connectivity index (χ3v) is 4.41. The average molecular weight is 509 g/mol.